The normalized spacial score (nSPS) is 11.4. The highest BCUT2D eigenvalue weighted by atomic mass is 15.1. The van der Waals surface area contributed by atoms with Crippen LogP contribution < -0.4 is 4.90 Å². The summed E-state index contributed by atoms with van der Waals surface area (Å²) in [6.07, 6.45) is 0. The number of benzene rings is 10. The second-order valence-corrected chi connectivity index (χ2v) is 15.0. The molecule has 58 heavy (non-hydrogen) atoms. The van der Waals surface area contributed by atoms with E-state index in [2.05, 4.69) is 240 Å². The number of para-hydroxylation sites is 2. The molecule has 0 atom stereocenters. The zero-order valence-electron chi connectivity index (χ0n) is 31.8. The highest BCUT2D eigenvalue weighted by molar-refractivity contribution is 6.16. The molecule has 10 aromatic carbocycles. The van der Waals surface area contributed by atoms with E-state index >= 15 is 0 Å². The fourth-order valence-electron chi connectivity index (χ4n) is 8.80. The summed E-state index contributed by atoms with van der Waals surface area (Å²) in [6, 6.07) is 83.7. The van der Waals surface area contributed by atoms with Gasteiger partial charge in [-0.1, -0.05) is 170 Å². The second kappa shape index (κ2) is 14.1. The second-order valence-electron chi connectivity index (χ2n) is 15.0. The molecule has 0 amide bonds. The Morgan fingerprint density at radius 2 is 0.828 bits per heavy atom. The van der Waals surface area contributed by atoms with Crippen LogP contribution in [0.1, 0.15) is 0 Å². The SMILES string of the molecule is c1ccc(-c2ccc(-c3ccc(N(c4cccc(-c5cccc6c5c5ccccc5n6-c5ccccc5)c4)c4ccc5c(ccc6ccccc65)c4)cc3)cc2)cc1. The van der Waals surface area contributed by atoms with Gasteiger partial charge in [0.05, 0.1) is 11.0 Å². The maximum atomic E-state index is 2.40. The molecule has 0 aliphatic rings. The van der Waals surface area contributed by atoms with Crippen molar-refractivity contribution in [3.05, 3.63) is 231 Å². The first-order valence-corrected chi connectivity index (χ1v) is 19.9. The highest BCUT2D eigenvalue weighted by Crippen LogP contribution is 2.43. The molecule has 0 saturated heterocycles. The Kier molecular flexibility index (Phi) is 8.19. The van der Waals surface area contributed by atoms with Crippen molar-refractivity contribution < 1.29 is 0 Å². The van der Waals surface area contributed by atoms with Gasteiger partial charge in [0.25, 0.3) is 0 Å². The first-order chi connectivity index (χ1) is 28.8. The first-order valence-electron chi connectivity index (χ1n) is 19.9. The molecule has 2 nitrogen and oxygen atoms in total. The van der Waals surface area contributed by atoms with Crippen LogP contribution in [-0.2, 0) is 0 Å². The Morgan fingerprint density at radius 1 is 0.293 bits per heavy atom. The third kappa shape index (κ3) is 5.82. The number of hydrogen-bond donors (Lipinski definition) is 0. The average molecular weight is 739 g/mol. The van der Waals surface area contributed by atoms with Gasteiger partial charge < -0.3 is 9.47 Å². The topological polar surface area (TPSA) is 8.17 Å². The van der Waals surface area contributed by atoms with Crippen LogP contribution in [0.5, 0.6) is 0 Å². The van der Waals surface area contributed by atoms with Crippen LogP contribution in [0.3, 0.4) is 0 Å². The van der Waals surface area contributed by atoms with Crippen molar-refractivity contribution in [3.8, 4) is 39.1 Å². The van der Waals surface area contributed by atoms with Crippen LogP contribution in [0, 0.1) is 0 Å². The summed E-state index contributed by atoms with van der Waals surface area (Å²) < 4.78 is 2.39. The number of aromatic nitrogens is 1. The minimum absolute atomic E-state index is 1.10. The van der Waals surface area contributed by atoms with Crippen molar-refractivity contribution in [3.63, 3.8) is 0 Å². The van der Waals surface area contributed by atoms with E-state index in [1.54, 1.807) is 0 Å². The number of fused-ring (bicyclic) bond motifs is 6. The lowest BCUT2D eigenvalue weighted by Gasteiger charge is -2.27. The quantitative estimate of drug-likeness (QED) is 0.148. The Bertz CT molecular complexity index is 3250. The van der Waals surface area contributed by atoms with E-state index in [4.69, 9.17) is 0 Å². The smallest absolute Gasteiger partial charge is 0.0547 e. The summed E-state index contributed by atoms with van der Waals surface area (Å²) in [6.45, 7) is 0. The van der Waals surface area contributed by atoms with E-state index in [-0.39, 0.29) is 0 Å². The lowest BCUT2D eigenvalue weighted by molar-refractivity contribution is 1.18. The van der Waals surface area contributed by atoms with Gasteiger partial charge in [-0.25, -0.2) is 0 Å². The Balaban J connectivity index is 1.05. The van der Waals surface area contributed by atoms with E-state index in [0.29, 0.717) is 0 Å². The molecule has 0 spiro atoms. The van der Waals surface area contributed by atoms with E-state index in [9.17, 15) is 0 Å². The van der Waals surface area contributed by atoms with Crippen LogP contribution in [-0.4, -0.2) is 4.57 Å². The Labute approximate surface area is 338 Å². The molecule has 1 heterocycles. The monoisotopic (exact) mass is 738 g/mol. The Morgan fingerprint density at radius 3 is 1.60 bits per heavy atom. The van der Waals surface area contributed by atoms with Crippen LogP contribution in [0.4, 0.5) is 17.1 Å². The molecule has 0 aliphatic heterocycles. The van der Waals surface area contributed by atoms with Gasteiger partial charge in [0, 0.05) is 33.5 Å². The molecule has 11 aromatic rings. The van der Waals surface area contributed by atoms with Crippen molar-refractivity contribution in [1.82, 2.24) is 4.57 Å². The van der Waals surface area contributed by atoms with Gasteiger partial charge >= 0.3 is 0 Å². The van der Waals surface area contributed by atoms with E-state index in [1.165, 1.54) is 76.7 Å². The average Bonchev–Trinajstić information content (AvgIpc) is 3.65. The fraction of sp³-hybridized carbons (Fsp3) is 0. The summed E-state index contributed by atoms with van der Waals surface area (Å²) in [5.74, 6) is 0. The summed E-state index contributed by atoms with van der Waals surface area (Å²) >= 11 is 0. The van der Waals surface area contributed by atoms with Crippen molar-refractivity contribution in [2.45, 2.75) is 0 Å². The van der Waals surface area contributed by atoms with Gasteiger partial charge in [0.2, 0.25) is 0 Å². The third-order valence-electron chi connectivity index (χ3n) is 11.6. The summed E-state index contributed by atoms with van der Waals surface area (Å²) in [5.41, 5.74) is 14.1. The molecule has 0 radical (unpaired) electrons. The minimum atomic E-state index is 1.10. The minimum Gasteiger partial charge on any atom is -0.310 e. The fourth-order valence-corrected chi connectivity index (χ4v) is 8.80. The van der Waals surface area contributed by atoms with Crippen LogP contribution in [0.15, 0.2) is 231 Å². The number of rotatable bonds is 7. The lowest BCUT2D eigenvalue weighted by Crippen LogP contribution is -2.10. The van der Waals surface area contributed by atoms with Gasteiger partial charge in [0.1, 0.15) is 0 Å². The summed E-state index contributed by atoms with van der Waals surface area (Å²) in [4.78, 5) is 2.40. The predicted molar refractivity (Wildman–Crippen MR) is 247 cm³/mol. The van der Waals surface area contributed by atoms with Crippen LogP contribution >= 0.6 is 0 Å². The molecule has 0 N–H and O–H groups in total. The number of nitrogens with zero attached hydrogens (tertiary/aromatic N) is 2. The van der Waals surface area contributed by atoms with Gasteiger partial charge in [-0.3, -0.25) is 0 Å². The molecule has 0 fully saturated rings. The molecule has 0 bridgehead atoms. The molecule has 0 unspecified atom stereocenters. The Hall–Kier alpha value is -7.68. The summed E-state index contributed by atoms with van der Waals surface area (Å²) in [7, 11) is 0. The van der Waals surface area contributed by atoms with E-state index < -0.39 is 0 Å². The number of anilines is 3. The molecule has 1 aromatic heterocycles. The highest BCUT2D eigenvalue weighted by Gasteiger charge is 2.19. The summed E-state index contributed by atoms with van der Waals surface area (Å²) in [5, 5.41) is 7.49. The van der Waals surface area contributed by atoms with Crippen molar-refractivity contribution in [1.29, 1.82) is 0 Å². The van der Waals surface area contributed by atoms with E-state index in [0.717, 1.165) is 22.7 Å². The van der Waals surface area contributed by atoms with Gasteiger partial charge in [-0.05, 0) is 116 Å². The van der Waals surface area contributed by atoms with Crippen LogP contribution in [0.2, 0.25) is 0 Å². The van der Waals surface area contributed by atoms with E-state index in [1.807, 2.05) is 0 Å². The maximum absolute atomic E-state index is 2.40. The zero-order chi connectivity index (χ0) is 38.4. The standard InChI is InChI=1S/C56H38N2/c1-3-13-39(14-4-1)40-25-27-41(28-26-40)42-31-33-47(34-32-42)57(49-35-36-51-45(38-49)30-29-43-15-7-8-20-50(43)51)48-19-11-16-44(37-48)52-22-12-24-55-56(52)53-21-9-10-23-54(53)58(55)46-17-5-2-6-18-46/h1-38H. The molecule has 0 saturated carbocycles. The van der Waals surface area contributed by atoms with Crippen molar-refractivity contribution >= 4 is 60.4 Å². The molecule has 272 valence electrons. The van der Waals surface area contributed by atoms with Crippen LogP contribution in [0.25, 0.3) is 82.4 Å². The van der Waals surface area contributed by atoms with Crippen molar-refractivity contribution in [2.75, 3.05) is 4.90 Å². The van der Waals surface area contributed by atoms with Crippen molar-refractivity contribution in [2.24, 2.45) is 0 Å². The van der Waals surface area contributed by atoms with Gasteiger partial charge in [-0.2, -0.15) is 0 Å². The van der Waals surface area contributed by atoms with Gasteiger partial charge in [0.15, 0.2) is 0 Å². The largest absolute Gasteiger partial charge is 0.310 e. The predicted octanol–water partition coefficient (Wildman–Crippen LogP) is 15.6. The zero-order valence-corrected chi connectivity index (χ0v) is 31.8. The molecular formula is C56H38N2. The lowest BCUT2D eigenvalue weighted by atomic mass is 9.98. The molecular weight excluding hydrogens is 701 g/mol. The number of hydrogen-bond acceptors (Lipinski definition) is 1. The molecule has 2 heteroatoms. The van der Waals surface area contributed by atoms with Gasteiger partial charge in [-0.15, -0.1) is 0 Å². The third-order valence-corrected chi connectivity index (χ3v) is 11.6. The molecule has 0 aliphatic carbocycles. The first kappa shape index (κ1) is 33.6. The molecule has 11 rings (SSSR count). The maximum Gasteiger partial charge on any atom is 0.0547 e.